The van der Waals surface area contributed by atoms with E-state index in [1.165, 1.54) is 41.9 Å². The van der Waals surface area contributed by atoms with E-state index in [0.29, 0.717) is 10.3 Å². The number of carbonyl (C=O) groups excluding carboxylic acids is 1. The number of aryl methyl sites for hydroxylation is 1. The summed E-state index contributed by atoms with van der Waals surface area (Å²) in [6.45, 7) is 1.91. The molecule has 6 nitrogen and oxygen atoms in total. The zero-order valence-electron chi connectivity index (χ0n) is 12.4. The van der Waals surface area contributed by atoms with Crippen molar-refractivity contribution in [2.24, 2.45) is 0 Å². The standard InChI is InChI=1S/C14H19N5OS2/c1-8-11(10-7-21-12(15)18-10)22-14(16-8)19-13(20)17-9-5-3-2-4-6-9/h7,9H,2-6H2,1H3,(H2,15,18)(H2,16,17,19,20). The van der Waals surface area contributed by atoms with Crippen LogP contribution in [0.5, 0.6) is 0 Å². The van der Waals surface area contributed by atoms with Crippen molar-refractivity contribution < 1.29 is 4.79 Å². The first kappa shape index (κ1) is 15.2. The van der Waals surface area contributed by atoms with Crippen molar-refractivity contribution in [1.82, 2.24) is 15.3 Å². The number of nitrogens with zero attached hydrogens (tertiary/aromatic N) is 2. The second-order valence-electron chi connectivity index (χ2n) is 5.44. The van der Waals surface area contributed by atoms with E-state index in [1.54, 1.807) is 0 Å². The number of nitrogens with one attached hydrogen (secondary N) is 2. The number of anilines is 2. The molecule has 0 aromatic carbocycles. The van der Waals surface area contributed by atoms with Crippen LogP contribution in [0.4, 0.5) is 15.1 Å². The van der Waals surface area contributed by atoms with E-state index in [9.17, 15) is 4.79 Å². The molecular weight excluding hydrogens is 318 g/mol. The molecule has 0 unspecified atom stereocenters. The van der Waals surface area contributed by atoms with Gasteiger partial charge in [-0.15, -0.1) is 11.3 Å². The predicted octanol–water partition coefficient (Wildman–Crippen LogP) is 3.61. The second kappa shape index (κ2) is 6.62. The molecule has 1 saturated carbocycles. The van der Waals surface area contributed by atoms with Gasteiger partial charge in [-0.2, -0.15) is 0 Å². The molecule has 0 bridgehead atoms. The largest absolute Gasteiger partial charge is 0.375 e. The Morgan fingerprint density at radius 2 is 2.09 bits per heavy atom. The number of urea groups is 1. The number of hydrogen-bond donors (Lipinski definition) is 3. The van der Waals surface area contributed by atoms with Gasteiger partial charge in [0.2, 0.25) is 0 Å². The highest BCUT2D eigenvalue weighted by Gasteiger charge is 2.18. The van der Waals surface area contributed by atoms with Gasteiger partial charge >= 0.3 is 6.03 Å². The maximum atomic E-state index is 12.1. The molecule has 118 valence electrons. The first-order valence-electron chi connectivity index (χ1n) is 7.38. The van der Waals surface area contributed by atoms with Crippen LogP contribution in [0.2, 0.25) is 0 Å². The highest BCUT2D eigenvalue weighted by Crippen LogP contribution is 2.33. The monoisotopic (exact) mass is 337 g/mol. The number of thiazole rings is 2. The lowest BCUT2D eigenvalue weighted by molar-refractivity contribution is 0.244. The topological polar surface area (TPSA) is 92.9 Å². The summed E-state index contributed by atoms with van der Waals surface area (Å²) < 4.78 is 0. The van der Waals surface area contributed by atoms with E-state index in [1.807, 2.05) is 12.3 Å². The molecule has 1 aliphatic rings. The van der Waals surface area contributed by atoms with Crippen LogP contribution in [0.15, 0.2) is 5.38 Å². The van der Waals surface area contributed by atoms with E-state index in [-0.39, 0.29) is 12.1 Å². The van der Waals surface area contributed by atoms with E-state index >= 15 is 0 Å². The summed E-state index contributed by atoms with van der Waals surface area (Å²) in [5, 5.41) is 8.88. The van der Waals surface area contributed by atoms with Gasteiger partial charge in [0, 0.05) is 11.4 Å². The van der Waals surface area contributed by atoms with Crippen LogP contribution in [-0.2, 0) is 0 Å². The van der Waals surface area contributed by atoms with Crippen molar-refractivity contribution in [2.75, 3.05) is 11.1 Å². The number of aromatic nitrogens is 2. The lowest BCUT2D eigenvalue weighted by Gasteiger charge is -2.22. The van der Waals surface area contributed by atoms with E-state index in [2.05, 4.69) is 20.6 Å². The van der Waals surface area contributed by atoms with Crippen LogP contribution >= 0.6 is 22.7 Å². The van der Waals surface area contributed by atoms with Gasteiger partial charge in [0.15, 0.2) is 10.3 Å². The zero-order valence-corrected chi connectivity index (χ0v) is 14.0. The number of rotatable bonds is 3. The van der Waals surface area contributed by atoms with Crippen LogP contribution in [0.1, 0.15) is 37.8 Å². The molecule has 1 aliphatic carbocycles. The average Bonchev–Trinajstić information content (AvgIpc) is 3.06. The summed E-state index contributed by atoms with van der Waals surface area (Å²) in [6, 6.07) is 0.109. The Kier molecular flexibility index (Phi) is 4.58. The fourth-order valence-electron chi connectivity index (χ4n) is 2.64. The lowest BCUT2D eigenvalue weighted by Crippen LogP contribution is -2.38. The Morgan fingerprint density at radius 1 is 1.32 bits per heavy atom. The highest BCUT2D eigenvalue weighted by molar-refractivity contribution is 7.19. The molecule has 1 fully saturated rings. The predicted molar refractivity (Wildman–Crippen MR) is 91.4 cm³/mol. The molecule has 0 spiro atoms. The minimum absolute atomic E-state index is 0.176. The van der Waals surface area contributed by atoms with Crippen molar-refractivity contribution >= 4 is 39.0 Å². The molecule has 2 amide bonds. The van der Waals surface area contributed by atoms with Crippen LogP contribution < -0.4 is 16.4 Å². The van der Waals surface area contributed by atoms with Crippen molar-refractivity contribution in [1.29, 1.82) is 0 Å². The number of amides is 2. The Hall–Kier alpha value is -1.67. The molecule has 22 heavy (non-hydrogen) atoms. The van der Waals surface area contributed by atoms with Gasteiger partial charge in [-0.3, -0.25) is 5.32 Å². The fourth-order valence-corrected chi connectivity index (χ4v) is 4.20. The number of carbonyl (C=O) groups is 1. The van der Waals surface area contributed by atoms with Crippen molar-refractivity contribution in [2.45, 2.75) is 45.1 Å². The first-order chi connectivity index (χ1) is 10.6. The molecule has 2 heterocycles. The highest BCUT2D eigenvalue weighted by atomic mass is 32.1. The third kappa shape index (κ3) is 3.56. The van der Waals surface area contributed by atoms with Crippen LogP contribution in [-0.4, -0.2) is 22.0 Å². The van der Waals surface area contributed by atoms with Crippen LogP contribution in [0, 0.1) is 6.92 Å². The molecule has 0 aliphatic heterocycles. The van der Waals surface area contributed by atoms with E-state index in [4.69, 9.17) is 5.73 Å². The summed E-state index contributed by atoms with van der Waals surface area (Å²) >= 11 is 2.82. The zero-order chi connectivity index (χ0) is 15.5. The normalized spacial score (nSPS) is 15.7. The first-order valence-corrected chi connectivity index (χ1v) is 9.08. The number of hydrogen-bond acceptors (Lipinski definition) is 6. The minimum Gasteiger partial charge on any atom is -0.375 e. The number of nitrogens with two attached hydrogens (primary N) is 1. The lowest BCUT2D eigenvalue weighted by atomic mass is 9.96. The average molecular weight is 337 g/mol. The summed E-state index contributed by atoms with van der Waals surface area (Å²) in [5.41, 5.74) is 7.34. The van der Waals surface area contributed by atoms with Crippen LogP contribution in [0.25, 0.3) is 10.6 Å². The Bertz CT molecular complexity index is 660. The molecule has 0 radical (unpaired) electrons. The number of nitrogen functional groups attached to an aromatic ring is 1. The summed E-state index contributed by atoms with van der Waals surface area (Å²) in [4.78, 5) is 21.7. The van der Waals surface area contributed by atoms with Gasteiger partial charge in [0.05, 0.1) is 16.3 Å². The van der Waals surface area contributed by atoms with Gasteiger partial charge in [0.25, 0.3) is 0 Å². The third-order valence-corrected chi connectivity index (χ3v) is 5.48. The molecular formula is C14H19N5OS2. The van der Waals surface area contributed by atoms with Gasteiger partial charge in [-0.05, 0) is 19.8 Å². The summed E-state index contributed by atoms with van der Waals surface area (Å²) in [5.74, 6) is 0. The van der Waals surface area contributed by atoms with E-state index < -0.39 is 0 Å². The summed E-state index contributed by atoms with van der Waals surface area (Å²) in [7, 11) is 0. The van der Waals surface area contributed by atoms with Crippen LogP contribution in [0.3, 0.4) is 0 Å². The third-order valence-electron chi connectivity index (χ3n) is 3.71. The Labute approximate surface area is 137 Å². The van der Waals surface area contributed by atoms with Gasteiger partial charge in [-0.25, -0.2) is 14.8 Å². The quantitative estimate of drug-likeness (QED) is 0.797. The maximum Gasteiger partial charge on any atom is 0.321 e. The van der Waals surface area contributed by atoms with E-state index in [0.717, 1.165) is 29.1 Å². The molecule has 2 aromatic heterocycles. The molecule has 4 N–H and O–H groups in total. The molecule has 2 aromatic rings. The van der Waals surface area contributed by atoms with Crippen molar-refractivity contribution in [3.05, 3.63) is 11.1 Å². The second-order valence-corrected chi connectivity index (χ2v) is 7.33. The van der Waals surface area contributed by atoms with Gasteiger partial charge < -0.3 is 11.1 Å². The smallest absolute Gasteiger partial charge is 0.321 e. The van der Waals surface area contributed by atoms with Crippen molar-refractivity contribution in [3.63, 3.8) is 0 Å². The van der Waals surface area contributed by atoms with Gasteiger partial charge in [0.1, 0.15) is 0 Å². The summed E-state index contributed by atoms with van der Waals surface area (Å²) in [6.07, 6.45) is 5.78. The molecule has 8 heteroatoms. The maximum absolute atomic E-state index is 12.1. The Morgan fingerprint density at radius 3 is 2.77 bits per heavy atom. The molecule has 0 saturated heterocycles. The Balaban J connectivity index is 1.64. The SMILES string of the molecule is Cc1nc(NC(=O)NC2CCCCC2)sc1-c1csc(N)n1. The minimum atomic E-state index is -0.176. The fraction of sp³-hybridized carbons (Fsp3) is 0.500. The molecule has 0 atom stereocenters. The van der Waals surface area contributed by atoms with Crippen molar-refractivity contribution in [3.8, 4) is 10.6 Å². The van der Waals surface area contributed by atoms with Gasteiger partial charge in [-0.1, -0.05) is 30.6 Å². The molecule has 3 rings (SSSR count).